The molecule has 0 saturated carbocycles. The van der Waals surface area contributed by atoms with Gasteiger partial charge in [-0.15, -0.1) is 0 Å². The van der Waals surface area contributed by atoms with Gasteiger partial charge in [-0.1, -0.05) is 26.2 Å². The third-order valence-corrected chi connectivity index (χ3v) is 4.80. The lowest BCUT2D eigenvalue weighted by molar-refractivity contribution is -0.137. The van der Waals surface area contributed by atoms with E-state index in [0.717, 1.165) is 68.6 Å². The lowest BCUT2D eigenvalue weighted by Gasteiger charge is -2.15. The Bertz CT molecular complexity index is 766. The minimum Gasteiger partial charge on any atom is -0.481 e. The second-order valence-electron chi connectivity index (χ2n) is 7.17. The van der Waals surface area contributed by atoms with Crippen molar-refractivity contribution in [1.82, 2.24) is 19.9 Å². The third-order valence-electron chi connectivity index (χ3n) is 4.80. The minimum absolute atomic E-state index is 0.0391. The Hall–Kier alpha value is -2.77. The van der Waals surface area contributed by atoms with E-state index in [4.69, 9.17) is 5.73 Å². The highest BCUT2D eigenvalue weighted by atomic mass is 16.4. The van der Waals surface area contributed by atoms with Gasteiger partial charge in [-0.2, -0.15) is 4.98 Å². The number of aliphatic carboxylic acids is 1. The van der Waals surface area contributed by atoms with Crippen LogP contribution in [0.4, 0.5) is 11.8 Å². The summed E-state index contributed by atoms with van der Waals surface area (Å²) in [5, 5.41) is 12.3. The Kier molecular flexibility index (Phi) is 9.27. The van der Waals surface area contributed by atoms with E-state index in [1.165, 1.54) is 0 Å². The second kappa shape index (κ2) is 11.9. The van der Waals surface area contributed by atoms with Crippen molar-refractivity contribution in [1.29, 1.82) is 0 Å². The van der Waals surface area contributed by atoms with Crippen molar-refractivity contribution in [3.63, 3.8) is 0 Å². The molecule has 4 N–H and O–H groups in total. The maximum Gasteiger partial charge on any atom is 0.303 e. The average molecular weight is 401 g/mol. The maximum atomic E-state index is 11.2. The molecule has 0 aliphatic rings. The second-order valence-corrected chi connectivity index (χ2v) is 7.17. The largest absolute Gasteiger partial charge is 0.481 e. The van der Waals surface area contributed by atoms with Gasteiger partial charge in [0.2, 0.25) is 5.95 Å². The number of carboxylic acids is 1. The molecular weight excluding hydrogens is 368 g/mol. The van der Waals surface area contributed by atoms with Crippen molar-refractivity contribution in [2.45, 2.75) is 71.1 Å². The van der Waals surface area contributed by atoms with Crippen LogP contribution < -0.4 is 11.1 Å². The average Bonchev–Trinajstić information content (AvgIpc) is 2.69. The van der Waals surface area contributed by atoms with Crippen LogP contribution in [0.5, 0.6) is 0 Å². The monoisotopic (exact) mass is 400 g/mol. The number of carbonyl (C=O) groups is 1. The number of rotatable bonds is 13. The topological polar surface area (TPSA) is 127 Å². The van der Waals surface area contributed by atoms with Gasteiger partial charge in [0.05, 0.1) is 6.42 Å². The minimum atomic E-state index is -0.785. The highest BCUT2D eigenvalue weighted by Gasteiger charge is 2.16. The van der Waals surface area contributed by atoms with E-state index in [9.17, 15) is 9.90 Å². The fourth-order valence-corrected chi connectivity index (χ4v) is 3.29. The van der Waals surface area contributed by atoms with Gasteiger partial charge in [-0.05, 0) is 37.7 Å². The Morgan fingerprint density at radius 3 is 2.52 bits per heavy atom. The molecule has 8 heteroatoms. The fraction of sp³-hybridized carbons (Fsp3) is 0.571. The first-order valence-electron chi connectivity index (χ1n) is 10.4. The van der Waals surface area contributed by atoms with Crippen LogP contribution in [0.2, 0.25) is 0 Å². The first kappa shape index (κ1) is 22.5. The first-order valence-corrected chi connectivity index (χ1v) is 10.4. The number of nitrogens with two attached hydrogens (primary N) is 1. The Morgan fingerprint density at radius 2 is 1.86 bits per heavy atom. The molecule has 0 fully saturated rings. The molecule has 158 valence electrons. The van der Waals surface area contributed by atoms with E-state index in [2.05, 4.69) is 25.3 Å². The molecule has 0 aliphatic heterocycles. The highest BCUT2D eigenvalue weighted by molar-refractivity contribution is 5.68. The molecule has 0 saturated heterocycles. The molecule has 0 aromatic carbocycles. The van der Waals surface area contributed by atoms with E-state index in [-0.39, 0.29) is 12.3 Å². The van der Waals surface area contributed by atoms with E-state index in [1.54, 1.807) is 12.4 Å². The molecule has 0 bridgehead atoms. The zero-order valence-electron chi connectivity index (χ0n) is 17.4. The number of nitrogens with zero attached hydrogens (tertiary/aromatic N) is 4. The zero-order valence-corrected chi connectivity index (χ0v) is 17.4. The summed E-state index contributed by atoms with van der Waals surface area (Å²) in [6.45, 7) is 4.75. The SMILES string of the molecule is CCNc1nc(N)cc(CCCCCCC(CC(=O)O)c2cnc(CC)nc2)n1. The fourth-order valence-electron chi connectivity index (χ4n) is 3.29. The van der Waals surface area contributed by atoms with Crippen LogP contribution in [0.15, 0.2) is 18.5 Å². The summed E-state index contributed by atoms with van der Waals surface area (Å²) in [4.78, 5) is 28.5. The molecule has 0 spiro atoms. The predicted molar refractivity (Wildman–Crippen MR) is 114 cm³/mol. The van der Waals surface area contributed by atoms with E-state index in [0.29, 0.717) is 11.8 Å². The van der Waals surface area contributed by atoms with Crippen molar-refractivity contribution in [2.24, 2.45) is 0 Å². The third kappa shape index (κ3) is 8.01. The maximum absolute atomic E-state index is 11.2. The number of aryl methyl sites for hydroxylation is 2. The number of aromatic nitrogens is 4. The van der Waals surface area contributed by atoms with Gasteiger partial charge in [0.1, 0.15) is 11.6 Å². The van der Waals surface area contributed by atoms with Gasteiger partial charge in [-0.3, -0.25) is 4.79 Å². The summed E-state index contributed by atoms with van der Waals surface area (Å²) in [7, 11) is 0. The van der Waals surface area contributed by atoms with Gasteiger partial charge < -0.3 is 16.2 Å². The van der Waals surface area contributed by atoms with Crippen LogP contribution in [-0.4, -0.2) is 37.6 Å². The van der Waals surface area contributed by atoms with Gasteiger partial charge in [0.25, 0.3) is 0 Å². The molecule has 1 unspecified atom stereocenters. The number of anilines is 2. The van der Waals surface area contributed by atoms with Gasteiger partial charge in [0.15, 0.2) is 0 Å². The summed E-state index contributed by atoms with van der Waals surface area (Å²) in [5.41, 5.74) is 7.70. The lowest BCUT2D eigenvalue weighted by Crippen LogP contribution is -2.08. The van der Waals surface area contributed by atoms with Crippen LogP contribution >= 0.6 is 0 Å². The standard InChI is InChI=1S/C21H32N6O2/c1-3-19-24-13-16(14-25-19)15(11-20(28)29)9-7-5-6-8-10-17-12-18(22)27-21(26-17)23-4-2/h12-15H,3-11H2,1-2H3,(H,28,29)(H3,22,23,26,27). The summed E-state index contributed by atoms with van der Waals surface area (Å²) in [6, 6.07) is 1.82. The van der Waals surface area contributed by atoms with Crippen molar-refractivity contribution in [2.75, 3.05) is 17.6 Å². The molecule has 0 aliphatic carbocycles. The highest BCUT2D eigenvalue weighted by Crippen LogP contribution is 2.25. The molecule has 29 heavy (non-hydrogen) atoms. The van der Waals surface area contributed by atoms with Crippen molar-refractivity contribution < 1.29 is 9.90 Å². The van der Waals surface area contributed by atoms with E-state index in [1.807, 2.05) is 19.9 Å². The van der Waals surface area contributed by atoms with E-state index < -0.39 is 5.97 Å². The van der Waals surface area contributed by atoms with Crippen LogP contribution in [-0.2, 0) is 17.6 Å². The summed E-state index contributed by atoms with van der Waals surface area (Å²) in [6.07, 6.45) is 10.2. The Morgan fingerprint density at radius 1 is 1.14 bits per heavy atom. The van der Waals surface area contributed by atoms with Gasteiger partial charge in [0, 0.05) is 37.1 Å². The summed E-state index contributed by atoms with van der Waals surface area (Å²) in [5.74, 6) is 1.02. The van der Waals surface area contributed by atoms with Crippen LogP contribution in [0.1, 0.15) is 75.4 Å². The molecule has 2 rings (SSSR count). The smallest absolute Gasteiger partial charge is 0.303 e. The molecular formula is C21H32N6O2. The molecule has 2 aromatic heterocycles. The lowest BCUT2D eigenvalue weighted by atomic mass is 9.92. The van der Waals surface area contributed by atoms with Crippen molar-refractivity contribution in [3.8, 4) is 0 Å². The van der Waals surface area contributed by atoms with Gasteiger partial charge >= 0.3 is 5.97 Å². The number of hydrogen-bond acceptors (Lipinski definition) is 7. The molecule has 0 radical (unpaired) electrons. The predicted octanol–water partition coefficient (Wildman–Crippen LogP) is 3.59. The van der Waals surface area contributed by atoms with Crippen molar-refractivity contribution in [3.05, 3.63) is 35.5 Å². The van der Waals surface area contributed by atoms with Gasteiger partial charge in [-0.25, -0.2) is 15.0 Å². The molecule has 0 amide bonds. The van der Waals surface area contributed by atoms with Crippen LogP contribution in [0, 0.1) is 0 Å². The molecule has 2 aromatic rings. The number of nitrogens with one attached hydrogen (secondary N) is 1. The molecule has 1 atom stereocenters. The first-order chi connectivity index (χ1) is 14.0. The van der Waals surface area contributed by atoms with Crippen molar-refractivity contribution >= 4 is 17.7 Å². The number of nitrogen functional groups attached to an aromatic ring is 1. The zero-order chi connectivity index (χ0) is 21.1. The molecule has 8 nitrogen and oxygen atoms in total. The van der Waals surface area contributed by atoms with Crippen LogP contribution in [0.25, 0.3) is 0 Å². The number of carboxylic acid groups (broad SMARTS) is 1. The number of unbranched alkanes of at least 4 members (excludes halogenated alkanes) is 3. The quantitative estimate of drug-likeness (QED) is 0.435. The Labute approximate surface area is 172 Å². The van der Waals surface area contributed by atoms with Crippen LogP contribution in [0.3, 0.4) is 0 Å². The normalized spacial score (nSPS) is 11.9. The Balaban J connectivity index is 1.77. The summed E-state index contributed by atoms with van der Waals surface area (Å²) < 4.78 is 0. The number of hydrogen-bond donors (Lipinski definition) is 3. The van der Waals surface area contributed by atoms with E-state index >= 15 is 0 Å². The summed E-state index contributed by atoms with van der Waals surface area (Å²) >= 11 is 0. The molecule has 2 heterocycles.